The van der Waals surface area contributed by atoms with Gasteiger partial charge in [0.2, 0.25) is 0 Å². The van der Waals surface area contributed by atoms with Crippen LogP contribution in [0.1, 0.15) is 36.8 Å². The molecular weight excluding hydrogens is 310 g/mol. The Morgan fingerprint density at radius 3 is 2.50 bits per heavy atom. The summed E-state index contributed by atoms with van der Waals surface area (Å²) in [5, 5.41) is 14.3. The van der Waals surface area contributed by atoms with Crippen LogP contribution in [0.2, 0.25) is 0 Å². The van der Waals surface area contributed by atoms with E-state index in [1.165, 1.54) is 9.58 Å². The molecule has 1 aromatic heterocycles. The molecule has 0 bridgehead atoms. The monoisotopic (exact) mass is 329 g/mol. The third-order valence-corrected chi connectivity index (χ3v) is 4.34. The number of amides is 1. The number of nitrogens with zero attached hydrogens (tertiary/aromatic N) is 3. The summed E-state index contributed by atoms with van der Waals surface area (Å²) in [5.41, 5.74) is -0.0353. The summed E-state index contributed by atoms with van der Waals surface area (Å²) in [7, 11) is 0. The Bertz CT molecular complexity index is 872. The fourth-order valence-corrected chi connectivity index (χ4v) is 3.01. The predicted molar refractivity (Wildman–Crippen MR) is 88.0 cm³/mol. The Hall–Kier alpha value is -2.70. The van der Waals surface area contributed by atoms with Crippen LogP contribution in [0.15, 0.2) is 29.1 Å². The SMILES string of the molecule is CC(C)n1nc(C(=O)N2CC[C@H](C(=O)O)C2)c2ccccc2c1=O. The van der Waals surface area contributed by atoms with Crippen molar-refractivity contribution in [2.45, 2.75) is 26.3 Å². The third-order valence-electron chi connectivity index (χ3n) is 4.34. The van der Waals surface area contributed by atoms with Crippen molar-refractivity contribution >= 4 is 22.6 Å². The number of benzene rings is 1. The van der Waals surface area contributed by atoms with E-state index in [9.17, 15) is 14.4 Å². The highest BCUT2D eigenvalue weighted by atomic mass is 16.4. The van der Waals surface area contributed by atoms with E-state index >= 15 is 0 Å². The van der Waals surface area contributed by atoms with Crippen LogP contribution < -0.4 is 5.56 Å². The van der Waals surface area contributed by atoms with Gasteiger partial charge in [-0.25, -0.2) is 4.68 Å². The maximum Gasteiger partial charge on any atom is 0.308 e. The lowest BCUT2D eigenvalue weighted by atomic mass is 10.1. The highest BCUT2D eigenvalue weighted by molar-refractivity contribution is 6.05. The molecule has 2 aromatic rings. The van der Waals surface area contributed by atoms with E-state index in [4.69, 9.17) is 5.11 Å². The molecule has 1 saturated heterocycles. The molecule has 1 aliphatic rings. The number of rotatable bonds is 3. The van der Waals surface area contributed by atoms with Crippen molar-refractivity contribution < 1.29 is 14.7 Å². The van der Waals surface area contributed by atoms with E-state index in [0.717, 1.165) is 0 Å². The van der Waals surface area contributed by atoms with Crippen LogP contribution in [0.3, 0.4) is 0 Å². The predicted octanol–water partition coefficient (Wildman–Crippen LogP) is 1.52. The molecule has 1 amide bonds. The van der Waals surface area contributed by atoms with Crippen LogP contribution in [0.25, 0.3) is 10.8 Å². The lowest BCUT2D eigenvalue weighted by Crippen LogP contribution is -2.34. The van der Waals surface area contributed by atoms with Crippen molar-refractivity contribution in [2.75, 3.05) is 13.1 Å². The number of carbonyl (C=O) groups excluding carboxylic acids is 1. The minimum absolute atomic E-state index is 0.172. The zero-order valence-corrected chi connectivity index (χ0v) is 13.6. The van der Waals surface area contributed by atoms with Crippen LogP contribution >= 0.6 is 0 Å². The molecule has 0 radical (unpaired) electrons. The van der Waals surface area contributed by atoms with Gasteiger partial charge >= 0.3 is 5.97 Å². The number of hydrogen-bond donors (Lipinski definition) is 1. The molecule has 0 spiro atoms. The van der Waals surface area contributed by atoms with Gasteiger partial charge in [0.25, 0.3) is 11.5 Å². The van der Waals surface area contributed by atoms with Gasteiger partial charge in [-0.1, -0.05) is 18.2 Å². The topological polar surface area (TPSA) is 92.5 Å². The molecule has 1 aliphatic heterocycles. The molecular formula is C17H19N3O4. The normalized spacial score (nSPS) is 17.6. The van der Waals surface area contributed by atoms with E-state index in [2.05, 4.69) is 5.10 Å². The summed E-state index contributed by atoms with van der Waals surface area (Å²) in [5.74, 6) is -1.77. The third kappa shape index (κ3) is 2.66. The van der Waals surface area contributed by atoms with Gasteiger partial charge in [-0.15, -0.1) is 0 Å². The maximum atomic E-state index is 12.9. The zero-order chi connectivity index (χ0) is 17.4. The summed E-state index contributed by atoms with van der Waals surface area (Å²) in [6.07, 6.45) is 0.433. The maximum absolute atomic E-state index is 12.9. The minimum Gasteiger partial charge on any atom is -0.481 e. The summed E-state index contributed by atoms with van der Waals surface area (Å²) in [6.45, 7) is 4.21. The first-order valence-electron chi connectivity index (χ1n) is 7.93. The average Bonchev–Trinajstić information content (AvgIpc) is 3.05. The highest BCUT2D eigenvalue weighted by Crippen LogP contribution is 2.21. The second-order valence-corrected chi connectivity index (χ2v) is 6.31. The van der Waals surface area contributed by atoms with Crippen LogP contribution in [-0.2, 0) is 4.79 Å². The number of fused-ring (bicyclic) bond motifs is 1. The Labute approximate surface area is 138 Å². The molecule has 3 rings (SSSR count). The van der Waals surface area contributed by atoms with Crippen molar-refractivity contribution in [2.24, 2.45) is 5.92 Å². The standard InChI is InChI=1S/C17H19N3O4/c1-10(2)20-15(21)13-6-4-3-5-12(13)14(18-20)16(22)19-8-7-11(9-19)17(23)24/h3-6,10-11H,7-9H2,1-2H3,(H,23,24)/t11-/m0/s1. The lowest BCUT2D eigenvalue weighted by Gasteiger charge is -2.18. The highest BCUT2D eigenvalue weighted by Gasteiger charge is 2.33. The first-order valence-corrected chi connectivity index (χ1v) is 7.93. The number of aromatic nitrogens is 2. The Kier molecular flexibility index (Phi) is 4.09. The first kappa shape index (κ1) is 16.2. The molecule has 2 heterocycles. The number of carbonyl (C=O) groups is 2. The fraction of sp³-hybridized carbons (Fsp3) is 0.412. The Morgan fingerprint density at radius 2 is 1.92 bits per heavy atom. The van der Waals surface area contributed by atoms with Gasteiger partial charge in [0.15, 0.2) is 5.69 Å². The number of aliphatic carboxylic acids is 1. The summed E-state index contributed by atoms with van der Waals surface area (Å²) >= 11 is 0. The molecule has 1 aromatic carbocycles. The van der Waals surface area contributed by atoms with Crippen molar-refractivity contribution in [1.29, 1.82) is 0 Å². The largest absolute Gasteiger partial charge is 0.481 e. The van der Waals surface area contributed by atoms with E-state index in [1.807, 2.05) is 13.8 Å². The van der Waals surface area contributed by atoms with Gasteiger partial charge in [-0.05, 0) is 26.3 Å². The molecule has 0 aliphatic carbocycles. The van der Waals surface area contributed by atoms with Crippen molar-refractivity contribution in [3.8, 4) is 0 Å². The van der Waals surface area contributed by atoms with Crippen LogP contribution in [-0.4, -0.2) is 44.8 Å². The molecule has 1 N–H and O–H groups in total. The van der Waals surface area contributed by atoms with Gasteiger partial charge in [0, 0.05) is 18.5 Å². The van der Waals surface area contributed by atoms with Crippen molar-refractivity contribution in [1.82, 2.24) is 14.7 Å². The molecule has 24 heavy (non-hydrogen) atoms. The van der Waals surface area contributed by atoms with Crippen LogP contribution in [0, 0.1) is 5.92 Å². The van der Waals surface area contributed by atoms with Gasteiger partial charge in [0.1, 0.15) is 0 Å². The van der Waals surface area contributed by atoms with Crippen LogP contribution in [0.4, 0.5) is 0 Å². The van der Waals surface area contributed by atoms with Crippen molar-refractivity contribution in [3.63, 3.8) is 0 Å². The van der Waals surface area contributed by atoms with E-state index < -0.39 is 11.9 Å². The molecule has 0 saturated carbocycles. The molecule has 7 nitrogen and oxygen atoms in total. The summed E-state index contributed by atoms with van der Waals surface area (Å²) in [4.78, 5) is 38.0. The minimum atomic E-state index is -0.893. The van der Waals surface area contributed by atoms with Gasteiger partial charge < -0.3 is 10.0 Å². The number of hydrogen-bond acceptors (Lipinski definition) is 4. The van der Waals surface area contributed by atoms with Crippen molar-refractivity contribution in [3.05, 3.63) is 40.3 Å². The Balaban J connectivity index is 2.09. The van der Waals surface area contributed by atoms with Crippen LogP contribution in [0.5, 0.6) is 0 Å². The number of carboxylic acid groups (broad SMARTS) is 1. The summed E-state index contributed by atoms with van der Waals surface area (Å²) < 4.78 is 1.31. The number of likely N-dealkylation sites (tertiary alicyclic amines) is 1. The van der Waals surface area contributed by atoms with Gasteiger partial charge in [-0.2, -0.15) is 5.10 Å². The fourth-order valence-electron chi connectivity index (χ4n) is 3.01. The average molecular weight is 329 g/mol. The Morgan fingerprint density at radius 1 is 1.25 bits per heavy atom. The molecule has 126 valence electrons. The molecule has 0 unspecified atom stereocenters. The lowest BCUT2D eigenvalue weighted by molar-refractivity contribution is -0.141. The summed E-state index contributed by atoms with van der Waals surface area (Å²) in [6, 6.07) is 6.70. The smallest absolute Gasteiger partial charge is 0.308 e. The second-order valence-electron chi connectivity index (χ2n) is 6.31. The van der Waals surface area contributed by atoms with E-state index in [-0.39, 0.29) is 29.7 Å². The second kappa shape index (κ2) is 6.07. The quantitative estimate of drug-likeness (QED) is 0.922. The zero-order valence-electron chi connectivity index (χ0n) is 13.6. The van der Waals surface area contributed by atoms with Gasteiger partial charge in [0.05, 0.1) is 17.3 Å². The molecule has 1 atom stereocenters. The van der Waals surface area contributed by atoms with Gasteiger partial charge in [-0.3, -0.25) is 14.4 Å². The van der Waals surface area contributed by atoms with E-state index in [1.54, 1.807) is 24.3 Å². The number of carboxylic acids is 1. The molecule has 7 heteroatoms. The van der Waals surface area contributed by atoms with E-state index in [0.29, 0.717) is 23.7 Å². The molecule has 1 fully saturated rings. The first-order chi connectivity index (χ1) is 11.4.